The third kappa shape index (κ3) is 3.29. The van der Waals surface area contributed by atoms with Gasteiger partial charge in [0.15, 0.2) is 0 Å². The second-order valence-corrected chi connectivity index (χ2v) is 5.16. The minimum atomic E-state index is -0.428. The summed E-state index contributed by atoms with van der Waals surface area (Å²) in [5.74, 6) is 1.22. The summed E-state index contributed by atoms with van der Waals surface area (Å²) in [7, 11) is 0. The predicted octanol–water partition coefficient (Wildman–Crippen LogP) is 5.24. The first-order valence-electron chi connectivity index (χ1n) is 5.78. The lowest BCUT2D eigenvalue weighted by molar-refractivity contribution is -0.384. The molecule has 2 aromatic carbocycles. The van der Waals surface area contributed by atoms with Gasteiger partial charge in [0, 0.05) is 28.0 Å². The molecule has 20 heavy (non-hydrogen) atoms. The molecule has 2 rings (SSSR count). The molecule has 6 heteroatoms. The lowest BCUT2D eigenvalue weighted by Crippen LogP contribution is -1.93. The van der Waals surface area contributed by atoms with Crippen molar-refractivity contribution < 1.29 is 9.66 Å². The SMILES string of the molecule is Cc1cc(Oc2ccc([N+](=O)[O-])cc2CBr)ccc1Cl. The molecule has 4 nitrogen and oxygen atoms in total. The Balaban J connectivity index is 2.32. The lowest BCUT2D eigenvalue weighted by Gasteiger charge is -2.10. The molecule has 0 aliphatic rings. The predicted molar refractivity (Wildman–Crippen MR) is 82.0 cm³/mol. The van der Waals surface area contributed by atoms with E-state index < -0.39 is 4.92 Å². The van der Waals surface area contributed by atoms with Gasteiger partial charge in [0.05, 0.1) is 4.92 Å². The van der Waals surface area contributed by atoms with Crippen LogP contribution in [-0.4, -0.2) is 4.92 Å². The largest absolute Gasteiger partial charge is 0.457 e. The van der Waals surface area contributed by atoms with Gasteiger partial charge >= 0.3 is 0 Å². The zero-order valence-corrected chi connectivity index (χ0v) is 12.9. The van der Waals surface area contributed by atoms with Crippen molar-refractivity contribution in [3.8, 4) is 11.5 Å². The number of hydrogen-bond acceptors (Lipinski definition) is 3. The van der Waals surface area contributed by atoms with Crippen molar-refractivity contribution in [2.24, 2.45) is 0 Å². The van der Waals surface area contributed by atoms with E-state index in [1.165, 1.54) is 12.1 Å². The molecular weight excluding hydrogens is 346 g/mol. The quantitative estimate of drug-likeness (QED) is 0.427. The number of aryl methyl sites for hydroxylation is 1. The molecule has 0 N–H and O–H groups in total. The van der Waals surface area contributed by atoms with Crippen LogP contribution >= 0.6 is 27.5 Å². The Morgan fingerprint density at radius 2 is 2.05 bits per heavy atom. The molecule has 0 heterocycles. The van der Waals surface area contributed by atoms with Crippen molar-refractivity contribution in [3.63, 3.8) is 0 Å². The van der Waals surface area contributed by atoms with Gasteiger partial charge in [-0.2, -0.15) is 0 Å². The molecule has 0 atom stereocenters. The fourth-order valence-corrected chi connectivity index (χ4v) is 2.25. The molecule has 0 fully saturated rings. The van der Waals surface area contributed by atoms with Crippen molar-refractivity contribution >= 4 is 33.2 Å². The number of ether oxygens (including phenoxy) is 1. The van der Waals surface area contributed by atoms with Crippen molar-refractivity contribution in [2.45, 2.75) is 12.3 Å². The fourth-order valence-electron chi connectivity index (χ4n) is 1.69. The van der Waals surface area contributed by atoms with Crippen LogP contribution < -0.4 is 4.74 Å². The van der Waals surface area contributed by atoms with Crippen LogP contribution in [0.2, 0.25) is 5.02 Å². The van der Waals surface area contributed by atoms with Crippen molar-refractivity contribution in [1.82, 2.24) is 0 Å². The van der Waals surface area contributed by atoms with Crippen molar-refractivity contribution in [1.29, 1.82) is 0 Å². The van der Waals surface area contributed by atoms with Crippen molar-refractivity contribution in [2.75, 3.05) is 0 Å². The number of alkyl halides is 1. The van der Waals surface area contributed by atoms with Gasteiger partial charge in [0.25, 0.3) is 5.69 Å². The molecule has 0 spiro atoms. The number of hydrogen-bond donors (Lipinski definition) is 0. The summed E-state index contributed by atoms with van der Waals surface area (Å²) < 4.78 is 5.76. The van der Waals surface area contributed by atoms with Crippen LogP contribution in [0.15, 0.2) is 36.4 Å². The van der Waals surface area contributed by atoms with Crippen LogP contribution in [0, 0.1) is 17.0 Å². The Bertz CT molecular complexity index is 661. The van der Waals surface area contributed by atoms with Crippen LogP contribution in [0.1, 0.15) is 11.1 Å². The average Bonchev–Trinajstić information content (AvgIpc) is 2.43. The fraction of sp³-hybridized carbons (Fsp3) is 0.143. The molecule has 0 saturated carbocycles. The molecular formula is C14H11BrClNO3. The number of nitrogens with zero attached hydrogens (tertiary/aromatic N) is 1. The van der Waals surface area contributed by atoms with E-state index >= 15 is 0 Å². The number of benzene rings is 2. The van der Waals surface area contributed by atoms with Crippen LogP contribution in [0.25, 0.3) is 0 Å². The molecule has 2 aromatic rings. The maximum atomic E-state index is 10.8. The second kappa shape index (κ2) is 6.24. The number of non-ortho nitro benzene ring substituents is 1. The normalized spacial score (nSPS) is 10.3. The summed E-state index contributed by atoms with van der Waals surface area (Å²) in [6, 6.07) is 9.84. The van der Waals surface area contributed by atoms with Crippen molar-refractivity contribution in [3.05, 3.63) is 62.7 Å². The first-order chi connectivity index (χ1) is 9.51. The van der Waals surface area contributed by atoms with E-state index in [9.17, 15) is 10.1 Å². The highest BCUT2D eigenvalue weighted by atomic mass is 79.9. The van der Waals surface area contributed by atoms with Crippen LogP contribution in [0.3, 0.4) is 0 Å². The molecule has 0 aliphatic heterocycles. The van der Waals surface area contributed by atoms with Crippen LogP contribution in [-0.2, 0) is 5.33 Å². The highest BCUT2D eigenvalue weighted by molar-refractivity contribution is 9.08. The monoisotopic (exact) mass is 355 g/mol. The van der Waals surface area contributed by atoms with Gasteiger partial charge in [-0.25, -0.2) is 0 Å². The Kier molecular flexibility index (Phi) is 4.62. The van der Waals surface area contributed by atoms with E-state index in [1.54, 1.807) is 18.2 Å². The zero-order chi connectivity index (χ0) is 14.7. The summed E-state index contributed by atoms with van der Waals surface area (Å²) in [6.07, 6.45) is 0. The van der Waals surface area contributed by atoms with Gasteiger partial charge in [-0.3, -0.25) is 10.1 Å². The third-order valence-corrected chi connectivity index (χ3v) is 3.78. The van der Waals surface area contributed by atoms with E-state index in [-0.39, 0.29) is 5.69 Å². The molecule has 104 valence electrons. The second-order valence-electron chi connectivity index (χ2n) is 4.20. The summed E-state index contributed by atoms with van der Waals surface area (Å²) >= 11 is 9.27. The Morgan fingerprint density at radius 1 is 1.30 bits per heavy atom. The van der Waals surface area contributed by atoms with Crippen LogP contribution in [0.4, 0.5) is 5.69 Å². The summed E-state index contributed by atoms with van der Waals surface area (Å²) in [5, 5.41) is 11.9. The first kappa shape index (κ1) is 14.8. The highest BCUT2D eigenvalue weighted by Crippen LogP contribution is 2.31. The zero-order valence-electron chi connectivity index (χ0n) is 10.6. The summed E-state index contributed by atoms with van der Waals surface area (Å²) in [4.78, 5) is 10.3. The average molecular weight is 357 g/mol. The Labute approximate surface area is 129 Å². The van der Waals surface area contributed by atoms with E-state index in [0.29, 0.717) is 27.4 Å². The van der Waals surface area contributed by atoms with Gasteiger partial charge in [0.1, 0.15) is 11.5 Å². The van der Waals surface area contributed by atoms with Gasteiger partial charge in [-0.05, 0) is 36.8 Å². The Hall–Kier alpha value is -1.59. The molecule has 0 bridgehead atoms. The maximum Gasteiger partial charge on any atom is 0.270 e. The molecule has 0 aromatic heterocycles. The van der Waals surface area contributed by atoms with E-state index in [4.69, 9.17) is 16.3 Å². The molecule has 0 amide bonds. The minimum Gasteiger partial charge on any atom is -0.457 e. The molecule has 0 aliphatic carbocycles. The lowest BCUT2D eigenvalue weighted by atomic mass is 10.2. The molecule has 0 saturated heterocycles. The van der Waals surface area contributed by atoms with E-state index in [1.807, 2.05) is 13.0 Å². The van der Waals surface area contributed by atoms with Gasteiger partial charge < -0.3 is 4.74 Å². The van der Waals surface area contributed by atoms with Gasteiger partial charge in [-0.15, -0.1) is 0 Å². The summed E-state index contributed by atoms with van der Waals surface area (Å²) in [5.41, 5.74) is 1.66. The number of rotatable bonds is 4. The number of nitro groups is 1. The molecule has 0 radical (unpaired) electrons. The van der Waals surface area contributed by atoms with E-state index in [0.717, 1.165) is 5.56 Å². The number of nitro benzene ring substituents is 1. The summed E-state index contributed by atoms with van der Waals surface area (Å²) in [6.45, 7) is 1.89. The van der Waals surface area contributed by atoms with Crippen LogP contribution in [0.5, 0.6) is 11.5 Å². The Morgan fingerprint density at radius 3 is 2.65 bits per heavy atom. The maximum absolute atomic E-state index is 10.8. The standard InChI is InChI=1S/C14H11BrClNO3/c1-9-6-12(3-4-13(9)16)20-14-5-2-11(17(18)19)7-10(14)8-15/h2-7H,8H2,1H3. The van der Waals surface area contributed by atoms with Gasteiger partial charge in [0.2, 0.25) is 0 Å². The van der Waals surface area contributed by atoms with E-state index in [2.05, 4.69) is 15.9 Å². The topological polar surface area (TPSA) is 52.4 Å². The smallest absolute Gasteiger partial charge is 0.270 e. The van der Waals surface area contributed by atoms with Gasteiger partial charge in [-0.1, -0.05) is 27.5 Å². The third-order valence-electron chi connectivity index (χ3n) is 2.76. The molecule has 0 unspecified atom stereocenters. The minimum absolute atomic E-state index is 0.0408. The highest BCUT2D eigenvalue weighted by Gasteiger charge is 2.12. The first-order valence-corrected chi connectivity index (χ1v) is 7.28. The number of halogens is 2.